The summed E-state index contributed by atoms with van der Waals surface area (Å²) in [4.78, 5) is 22.8. The second-order valence-corrected chi connectivity index (χ2v) is 3.95. The molecule has 0 bridgehead atoms. The highest BCUT2D eigenvalue weighted by Gasteiger charge is 2.33. The van der Waals surface area contributed by atoms with E-state index in [1.807, 2.05) is 0 Å². The fraction of sp³-hybridized carbons (Fsp3) is 0.636. The Kier molecular flexibility index (Phi) is 4.49. The minimum Gasteiger partial charge on any atom is -0.468 e. The Labute approximate surface area is 95.0 Å². The molecule has 0 radical (unpaired) electrons. The Bertz CT molecular complexity index is 291. The SMILES string of the molecule is C=C[C@H]1CCNC(=O)[C@H]1C[C@H](N)C(=O)OC. The summed E-state index contributed by atoms with van der Waals surface area (Å²) in [5, 5.41) is 2.76. The number of carbonyl (C=O) groups excluding carboxylic acids is 2. The number of allylic oxidation sites excluding steroid dienone is 1. The first kappa shape index (κ1) is 12.7. The molecule has 0 aromatic carbocycles. The molecule has 3 atom stereocenters. The fourth-order valence-electron chi connectivity index (χ4n) is 1.97. The summed E-state index contributed by atoms with van der Waals surface area (Å²) in [7, 11) is 1.29. The molecule has 5 heteroatoms. The van der Waals surface area contributed by atoms with Crippen LogP contribution in [-0.2, 0) is 14.3 Å². The van der Waals surface area contributed by atoms with E-state index in [1.165, 1.54) is 7.11 Å². The fourth-order valence-corrected chi connectivity index (χ4v) is 1.97. The van der Waals surface area contributed by atoms with E-state index >= 15 is 0 Å². The van der Waals surface area contributed by atoms with Gasteiger partial charge in [0.25, 0.3) is 0 Å². The number of amides is 1. The first-order valence-corrected chi connectivity index (χ1v) is 5.33. The van der Waals surface area contributed by atoms with E-state index in [2.05, 4.69) is 16.6 Å². The van der Waals surface area contributed by atoms with Gasteiger partial charge in [-0.25, -0.2) is 0 Å². The maximum absolute atomic E-state index is 11.6. The highest BCUT2D eigenvalue weighted by Crippen LogP contribution is 2.25. The lowest BCUT2D eigenvalue weighted by atomic mass is 9.82. The van der Waals surface area contributed by atoms with Crippen molar-refractivity contribution in [1.29, 1.82) is 0 Å². The van der Waals surface area contributed by atoms with Gasteiger partial charge in [-0.1, -0.05) is 6.08 Å². The van der Waals surface area contributed by atoms with Crippen molar-refractivity contribution in [2.75, 3.05) is 13.7 Å². The van der Waals surface area contributed by atoms with Gasteiger partial charge < -0.3 is 15.8 Å². The minimum atomic E-state index is -0.749. The molecule has 0 unspecified atom stereocenters. The molecule has 3 N–H and O–H groups in total. The Hall–Kier alpha value is -1.36. The van der Waals surface area contributed by atoms with Gasteiger partial charge in [0.1, 0.15) is 6.04 Å². The summed E-state index contributed by atoms with van der Waals surface area (Å²) >= 11 is 0. The van der Waals surface area contributed by atoms with Crippen LogP contribution < -0.4 is 11.1 Å². The maximum Gasteiger partial charge on any atom is 0.322 e. The first-order chi connectivity index (χ1) is 7.60. The van der Waals surface area contributed by atoms with Crippen LogP contribution >= 0.6 is 0 Å². The van der Waals surface area contributed by atoms with Crippen molar-refractivity contribution >= 4 is 11.9 Å². The predicted molar refractivity (Wildman–Crippen MR) is 59.4 cm³/mol. The average molecular weight is 226 g/mol. The molecule has 90 valence electrons. The zero-order valence-corrected chi connectivity index (χ0v) is 9.44. The number of nitrogens with one attached hydrogen (secondary N) is 1. The quantitative estimate of drug-likeness (QED) is 0.514. The van der Waals surface area contributed by atoms with Crippen molar-refractivity contribution in [3.63, 3.8) is 0 Å². The molecule has 1 saturated heterocycles. The molecule has 0 spiro atoms. The number of ether oxygens (including phenoxy) is 1. The van der Waals surface area contributed by atoms with Crippen molar-refractivity contribution in [2.24, 2.45) is 17.6 Å². The van der Waals surface area contributed by atoms with E-state index in [0.29, 0.717) is 13.0 Å². The number of carbonyl (C=O) groups is 2. The third-order valence-electron chi connectivity index (χ3n) is 2.95. The van der Waals surface area contributed by atoms with Crippen molar-refractivity contribution in [3.05, 3.63) is 12.7 Å². The smallest absolute Gasteiger partial charge is 0.322 e. The van der Waals surface area contributed by atoms with Gasteiger partial charge in [-0.05, 0) is 18.8 Å². The number of nitrogens with two attached hydrogens (primary N) is 1. The second kappa shape index (κ2) is 5.65. The minimum absolute atomic E-state index is 0.0597. The van der Waals surface area contributed by atoms with E-state index < -0.39 is 12.0 Å². The van der Waals surface area contributed by atoms with Gasteiger partial charge in [-0.15, -0.1) is 6.58 Å². The van der Waals surface area contributed by atoms with Gasteiger partial charge >= 0.3 is 5.97 Å². The molecule has 1 amide bonds. The van der Waals surface area contributed by atoms with E-state index in [9.17, 15) is 9.59 Å². The molecule has 1 aliphatic rings. The molecular weight excluding hydrogens is 208 g/mol. The van der Waals surface area contributed by atoms with Crippen LogP contribution in [0.2, 0.25) is 0 Å². The van der Waals surface area contributed by atoms with E-state index in [0.717, 1.165) is 6.42 Å². The van der Waals surface area contributed by atoms with Gasteiger partial charge in [-0.2, -0.15) is 0 Å². The van der Waals surface area contributed by atoms with Crippen LogP contribution in [0.15, 0.2) is 12.7 Å². The molecule has 0 aromatic rings. The molecule has 1 heterocycles. The lowest BCUT2D eigenvalue weighted by Crippen LogP contribution is -2.45. The molecule has 0 saturated carbocycles. The molecule has 1 fully saturated rings. The highest BCUT2D eigenvalue weighted by atomic mass is 16.5. The normalized spacial score (nSPS) is 26.8. The average Bonchev–Trinajstić information content (AvgIpc) is 2.30. The molecule has 0 aromatic heterocycles. The number of hydrogen-bond acceptors (Lipinski definition) is 4. The number of esters is 1. The van der Waals surface area contributed by atoms with Gasteiger partial charge in [-0.3, -0.25) is 9.59 Å². The monoisotopic (exact) mass is 226 g/mol. The van der Waals surface area contributed by atoms with E-state index in [-0.39, 0.29) is 17.7 Å². The predicted octanol–water partition coefficient (Wildman–Crippen LogP) is -0.185. The number of hydrogen-bond donors (Lipinski definition) is 2. The van der Waals surface area contributed by atoms with Crippen molar-refractivity contribution < 1.29 is 14.3 Å². The summed E-state index contributed by atoms with van der Waals surface area (Å²) in [6.45, 7) is 4.36. The van der Waals surface area contributed by atoms with Gasteiger partial charge in [0.05, 0.1) is 7.11 Å². The van der Waals surface area contributed by atoms with Crippen LogP contribution in [0.1, 0.15) is 12.8 Å². The maximum atomic E-state index is 11.6. The number of methoxy groups -OCH3 is 1. The largest absolute Gasteiger partial charge is 0.468 e. The Morgan fingerprint density at radius 1 is 1.81 bits per heavy atom. The number of rotatable bonds is 4. The second-order valence-electron chi connectivity index (χ2n) is 3.95. The van der Waals surface area contributed by atoms with Gasteiger partial charge in [0.2, 0.25) is 5.91 Å². The van der Waals surface area contributed by atoms with E-state index in [4.69, 9.17) is 5.73 Å². The van der Waals surface area contributed by atoms with Crippen LogP contribution in [0.25, 0.3) is 0 Å². The third kappa shape index (κ3) is 2.82. The number of piperidine rings is 1. The molecule has 0 aliphatic carbocycles. The summed E-state index contributed by atoms with van der Waals surface area (Å²) < 4.78 is 4.54. The topological polar surface area (TPSA) is 81.4 Å². The van der Waals surface area contributed by atoms with Crippen LogP contribution in [-0.4, -0.2) is 31.6 Å². The van der Waals surface area contributed by atoms with Crippen molar-refractivity contribution in [1.82, 2.24) is 5.32 Å². The third-order valence-corrected chi connectivity index (χ3v) is 2.95. The lowest BCUT2D eigenvalue weighted by Gasteiger charge is -2.30. The van der Waals surface area contributed by atoms with Crippen LogP contribution in [0.4, 0.5) is 0 Å². The molecule has 1 aliphatic heterocycles. The molecule has 1 rings (SSSR count). The summed E-state index contributed by atoms with van der Waals surface area (Å²) in [6, 6.07) is -0.749. The van der Waals surface area contributed by atoms with E-state index in [1.54, 1.807) is 6.08 Å². The summed E-state index contributed by atoms with van der Waals surface area (Å²) in [5.74, 6) is -0.735. The van der Waals surface area contributed by atoms with Crippen LogP contribution in [0.5, 0.6) is 0 Å². The van der Waals surface area contributed by atoms with Crippen molar-refractivity contribution in [3.8, 4) is 0 Å². The Morgan fingerprint density at radius 2 is 2.50 bits per heavy atom. The Morgan fingerprint density at radius 3 is 3.06 bits per heavy atom. The molecule has 16 heavy (non-hydrogen) atoms. The summed E-state index contributed by atoms with van der Waals surface area (Å²) in [6.07, 6.45) is 2.90. The Balaban J connectivity index is 2.64. The zero-order chi connectivity index (χ0) is 12.1. The molecular formula is C11H18N2O3. The first-order valence-electron chi connectivity index (χ1n) is 5.33. The van der Waals surface area contributed by atoms with Crippen LogP contribution in [0, 0.1) is 11.8 Å². The van der Waals surface area contributed by atoms with Crippen LogP contribution in [0.3, 0.4) is 0 Å². The highest BCUT2D eigenvalue weighted by molar-refractivity contribution is 5.82. The van der Waals surface area contributed by atoms with Crippen molar-refractivity contribution in [2.45, 2.75) is 18.9 Å². The lowest BCUT2D eigenvalue weighted by molar-refractivity contribution is -0.143. The molecule has 5 nitrogen and oxygen atoms in total. The standard InChI is InChI=1S/C11H18N2O3/c1-3-7-4-5-13-10(14)8(7)6-9(12)11(15)16-2/h3,7-9H,1,4-6,12H2,2H3,(H,13,14)/t7-,8-,9-/m0/s1. The summed E-state index contributed by atoms with van der Waals surface area (Å²) in [5.41, 5.74) is 5.65. The van der Waals surface area contributed by atoms with Gasteiger partial charge in [0, 0.05) is 12.5 Å². The zero-order valence-electron chi connectivity index (χ0n) is 9.44. The van der Waals surface area contributed by atoms with Gasteiger partial charge in [0.15, 0.2) is 0 Å².